The van der Waals surface area contributed by atoms with Crippen molar-refractivity contribution in [1.29, 1.82) is 10.8 Å². The fourth-order valence-electron chi connectivity index (χ4n) is 4.37. The Bertz CT molecular complexity index is 1280. The number of amides is 1. The quantitative estimate of drug-likeness (QED) is 0.408. The maximum absolute atomic E-state index is 14.8. The Morgan fingerprint density at radius 2 is 1.94 bits per heavy atom. The molecule has 0 unspecified atom stereocenters. The van der Waals surface area contributed by atoms with Crippen LogP contribution in [-0.4, -0.2) is 45.5 Å². The lowest BCUT2D eigenvalue weighted by Crippen LogP contribution is -2.32. The number of carbonyl (C=O) groups is 1. The van der Waals surface area contributed by atoms with E-state index in [4.69, 9.17) is 10.8 Å². The van der Waals surface area contributed by atoms with Crippen LogP contribution in [0.2, 0.25) is 0 Å². The molecule has 8 nitrogen and oxygen atoms in total. The number of rotatable bonds is 4. The SMILES string of the molecule is N=C1CCCN1C(=N)c1cccc(NC(=O)c2cc3c(cc2F)CCN(c2ccccn2)C3)n1. The molecular weight excluding hydrogens is 433 g/mol. The molecule has 2 aliphatic heterocycles. The van der Waals surface area contributed by atoms with E-state index in [0.717, 1.165) is 29.9 Å². The number of nitrogens with one attached hydrogen (secondary N) is 3. The molecular formula is C25H24FN7O. The molecule has 1 fully saturated rings. The van der Waals surface area contributed by atoms with Gasteiger partial charge in [0.05, 0.1) is 5.56 Å². The van der Waals surface area contributed by atoms with E-state index < -0.39 is 11.7 Å². The van der Waals surface area contributed by atoms with Gasteiger partial charge in [-0.1, -0.05) is 12.1 Å². The number of benzene rings is 1. The Hall–Kier alpha value is -4.14. The van der Waals surface area contributed by atoms with Gasteiger partial charge in [-0.05, 0) is 60.4 Å². The first-order chi connectivity index (χ1) is 16.5. The number of carbonyl (C=O) groups excluding carboxylic acids is 1. The second-order valence-electron chi connectivity index (χ2n) is 8.37. The molecule has 4 heterocycles. The average Bonchev–Trinajstić information content (AvgIpc) is 3.29. The van der Waals surface area contributed by atoms with Crippen molar-refractivity contribution in [2.45, 2.75) is 25.8 Å². The average molecular weight is 458 g/mol. The number of amidine groups is 2. The number of anilines is 2. The number of hydrogen-bond acceptors (Lipinski definition) is 6. The summed E-state index contributed by atoms with van der Waals surface area (Å²) >= 11 is 0. The van der Waals surface area contributed by atoms with Gasteiger partial charge in [0.15, 0.2) is 5.84 Å². The Balaban J connectivity index is 1.35. The number of nitrogens with zero attached hydrogens (tertiary/aromatic N) is 4. The first kappa shape index (κ1) is 21.7. The lowest BCUT2D eigenvalue weighted by molar-refractivity contribution is 0.102. The van der Waals surface area contributed by atoms with Crippen LogP contribution in [0.15, 0.2) is 54.7 Å². The van der Waals surface area contributed by atoms with Gasteiger partial charge in [-0.15, -0.1) is 0 Å². The number of aromatic nitrogens is 2. The summed E-state index contributed by atoms with van der Waals surface area (Å²) in [4.78, 5) is 25.4. The molecule has 0 bridgehead atoms. The van der Waals surface area contributed by atoms with Crippen molar-refractivity contribution in [2.75, 3.05) is 23.3 Å². The fraction of sp³-hybridized carbons (Fsp3) is 0.240. The Morgan fingerprint density at radius 1 is 1.06 bits per heavy atom. The molecule has 5 rings (SSSR count). The summed E-state index contributed by atoms with van der Waals surface area (Å²) in [7, 11) is 0. The van der Waals surface area contributed by atoms with E-state index in [2.05, 4.69) is 20.2 Å². The zero-order valence-corrected chi connectivity index (χ0v) is 18.5. The van der Waals surface area contributed by atoms with Gasteiger partial charge in [-0.3, -0.25) is 15.6 Å². The topological polar surface area (TPSA) is 109 Å². The summed E-state index contributed by atoms with van der Waals surface area (Å²) in [5.74, 6) is 0.408. The number of halogens is 1. The molecule has 0 atom stereocenters. The van der Waals surface area contributed by atoms with Crippen LogP contribution in [0, 0.1) is 16.6 Å². The summed E-state index contributed by atoms with van der Waals surface area (Å²) < 4.78 is 14.8. The molecule has 0 spiro atoms. The molecule has 172 valence electrons. The highest BCUT2D eigenvalue weighted by atomic mass is 19.1. The highest BCUT2D eigenvalue weighted by Gasteiger charge is 2.24. The molecule has 2 aromatic heterocycles. The van der Waals surface area contributed by atoms with Gasteiger partial charge >= 0.3 is 0 Å². The van der Waals surface area contributed by atoms with Crippen LogP contribution >= 0.6 is 0 Å². The van der Waals surface area contributed by atoms with Crippen LogP contribution in [-0.2, 0) is 13.0 Å². The highest BCUT2D eigenvalue weighted by Crippen LogP contribution is 2.26. The molecule has 1 amide bonds. The molecule has 0 radical (unpaired) electrons. The van der Waals surface area contributed by atoms with Gasteiger partial charge in [0.25, 0.3) is 5.91 Å². The van der Waals surface area contributed by atoms with Crippen LogP contribution in [0.4, 0.5) is 16.0 Å². The van der Waals surface area contributed by atoms with Crippen molar-refractivity contribution in [3.05, 3.63) is 82.9 Å². The lowest BCUT2D eigenvalue weighted by Gasteiger charge is -2.30. The van der Waals surface area contributed by atoms with E-state index in [1.807, 2.05) is 18.2 Å². The van der Waals surface area contributed by atoms with Gasteiger partial charge in [-0.2, -0.15) is 0 Å². The summed E-state index contributed by atoms with van der Waals surface area (Å²) in [5, 5.41) is 19.0. The van der Waals surface area contributed by atoms with Gasteiger partial charge in [0.1, 0.15) is 29.0 Å². The van der Waals surface area contributed by atoms with Gasteiger partial charge < -0.3 is 15.1 Å². The molecule has 0 saturated carbocycles. The number of hydrogen-bond donors (Lipinski definition) is 3. The van der Waals surface area contributed by atoms with Crippen molar-refractivity contribution in [3.63, 3.8) is 0 Å². The van der Waals surface area contributed by atoms with Crippen molar-refractivity contribution in [2.24, 2.45) is 0 Å². The van der Waals surface area contributed by atoms with Crippen LogP contribution in [0.3, 0.4) is 0 Å². The number of fused-ring (bicyclic) bond motifs is 1. The van der Waals surface area contributed by atoms with E-state index in [1.54, 1.807) is 35.4 Å². The highest BCUT2D eigenvalue weighted by molar-refractivity contribution is 6.07. The minimum Gasteiger partial charge on any atom is -0.352 e. The Labute approximate surface area is 196 Å². The normalized spacial score (nSPS) is 15.3. The summed E-state index contributed by atoms with van der Waals surface area (Å²) in [6.07, 6.45) is 3.87. The lowest BCUT2D eigenvalue weighted by atomic mass is 9.96. The third kappa shape index (κ3) is 4.24. The van der Waals surface area contributed by atoms with E-state index in [1.165, 1.54) is 6.07 Å². The molecule has 34 heavy (non-hydrogen) atoms. The fourth-order valence-corrected chi connectivity index (χ4v) is 4.37. The smallest absolute Gasteiger partial charge is 0.259 e. The predicted octanol–water partition coefficient (Wildman–Crippen LogP) is 3.83. The third-order valence-corrected chi connectivity index (χ3v) is 6.14. The standard InChI is InChI=1S/C25H24FN7O/c26-19-14-16-9-12-32(23-8-1-2-10-29-23)15-17(16)13-18(19)25(34)31-22-7-3-5-20(30-22)24(28)33-11-4-6-21(33)27/h1-3,5,7-8,10,13-14,27-28H,4,6,9,11-12,15H2,(H,30,31,34). The van der Waals surface area contributed by atoms with Crippen molar-refractivity contribution < 1.29 is 9.18 Å². The predicted molar refractivity (Wildman–Crippen MR) is 128 cm³/mol. The maximum atomic E-state index is 14.8. The maximum Gasteiger partial charge on any atom is 0.259 e. The van der Waals surface area contributed by atoms with Gasteiger partial charge in [0.2, 0.25) is 0 Å². The van der Waals surface area contributed by atoms with Crippen molar-refractivity contribution in [1.82, 2.24) is 14.9 Å². The summed E-state index contributed by atoms with van der Waals surface area (Å²) in [6.45, 7) is 1.87. The minimum atomic E-state index is -0.597. The molecule has 3 aromatic rings. The largest absolute Gasteiger partial charge is 0.352 e. The molecule has 3 N–H and O–H groups in total. The van der Waals surface area contributed by atoms with E-state index in [9.17, 15) is 9.18 Å². The Morgan fingerprint density at radius 3 is 2.71 bits per heavy atom. The third-order valence-electron chi connectivity index (χ3n) is 6.14. The first-order valence-corrected chi connectivity index (χ1v) is 11.2. The number of pyridine rings is 2. The van der Waals surface area contributed by atoms with Crippen LogP contribution in [0.25, 0.3) is 0 Å². The van der Waals surface area contributed by atoms with Crippen molar-refractivity contribution in [3.8, 4) is 0 Å². The molecule has 0 aliphatic carbocycles. The Kier molecular flexibility index (Phi) is 5.75. The van der Waals surface area contributed by atoms with Gasteiger partial charge in [-0.25, -0.2) is 14.4 Å². The van der Waals surface area contributed by atoms with Gasteiger partial charge in [0, 0.05) is 32.3 Å². The second-order valence-corrected chi connectivity index (χ2v) is 8.37. The van der Waals surface area contributed by atoms with Crippen LogP contribution in [0.5, 0.6) is 0 Å². The molecule has 9 heteroatoms. The second kappa shape index (κ2) is 9.01. The number of likely N-dealkylation sites (tertiary alicyclic amines) is 1. The zero-order chi connectivity index (χ0) is 23.7. The molecule has 1 aromatic carbocycles. The minimum absolute atomic E-state index is 0.0507. The zero-order valence-electron chi connectivity index (χ0n) is 18.5. The van der Waals surface area contributed by atoms with Crippen molar-refractivity contribution >= 4 is 29.2 Å². The first-order valence-electron chi connectivity index (χ1n) is 11.2. The van der Waals surface area contributed by atoms with E-state index in [0.29, 0.717) is 37.5 Å². The van der Waals surface area contributed by atoms with E-state index >= 15 is 0 Å². The van der Waals surface area contributed by atoms with E-state index in [-0.39, 0.29) is 17.2 Å². The monoisotopic (exact) mass is 457 g/mol. The molecule has 1 saturated heterocycles. The summed E-state index contributed by atoms with van der Waals surface area (Å²) in [5.41, 5.74) is 2.08. The van der Waals surface area contributed by atoms with Crippen LogP contribution < -0.4 is 10.2 Å². The molecule has 2 aliphatic rings. The van der Waals surface area contributed by atoms with Crippen LogP contribution in [0.1, 0.15) is 40.0 Å². The summed E-state index contributed by atoms with van der Waals surface area (Å²) in [6, 6.07) is 13.7.